The summed E-state index contributed by atoms with van der Waals surface area (Å²) in [5, 5.41) is 8.49. The molecule has 8 aromatic rings. The molecule has 0 spiro atoms. The van der Waals surface area contributed by atoms with E-state index in [1.807, 2.05) is 18.2 Å². The first-order chi connectivity index (χ1) is 20.6. The molecule has 4 nitrogen and oxygen atoms in total. The maximum absolute atomic E-state index is 6.48. The van der Waals surface area contributed by atoms with Gasteiger partial charge in [-0.25, -0.2) is 0 Å². The Labute approximate surface area is 257 Å². The minimum absolute atomic E-state index is 0.795. The molecule has 0 saturated carbocycles. The lowest BCUT2D eigenvalue weighted by atomic mass is 9.90. The van der Waals surface area contributed by atoms with Crippen molar-refractivity contribution in [1.82, 2.24) is 9.97 Å². The molecule has 3 heterocycles. The number of aromatic nitrogens is 2. The Bertz CT molecular complexity index is 2400. The van der Waals surface area contributed by atoms with Crippen molar-refractivity contribution in [2.24, 2.45) is 0 Å². The average Bonchev–Trinajstić information content (AvgIpc) is 3.57. The molecule has 1 aliphatic heterocycles. The number of aromatic amines is 2. The molecule has 0 saturated heterocycles. The summed E-state index contributed by atoms with van der Waals surface area (Å²) in [5.41, 5.74) is 10.7. The molecule has 6 aromatic carbocycles. The van der Waals surface area contributed by atoms with Gasteiger partial charge in [-0.05, 0) is 66.2 Å². The first kappa shape index (κ1) is 24.1. The molecular formula is C36H21Br2N3O. The minimum atomic E-state index is 0.795. The number of ether oxygens (including phenoxy) is 1. The van der Waals surface area contributed by atoms with Crippen LogP contribution in [0.1, 0.15) is 0 Å². The number of hydrogen-bond acceptors (Lipinski definition) is 2. The largest absolute Gasteiger partial charge is 0.453 e. The Morgan fingerprint density at radius 2 is 1.26 bits per heavy atom. The maximum atomic E-state index is 6.48. The number of fused-ring (bicyclic) bond motifs is 8. The van der Waals surface area contributed by atoms with E-state index in [-0.39, 0.29) is 0 Å². The molecule has 0 unspecified atom stereocenters. The van der Waals surface area contributed by atoms with E-state index in [0.717, 1.165) is 81.5 Å². The third-order valence-electron chi connectivity index (χ3n) is 8.27. The zero-order valence-corrected chi connectivity index (χ0v) is 25.2. The highest BCUT2D eigenvalue weighted by molar-refractivity contribution is 9.10. The molecule has 0 atom stereocenters. The number of hydrogen-bond donors (Lipinski definition) is 3. The van der Waals surface area contributed by atoms with E-state index >= 15 is 0 Å². The van der Waals surface area contributed by atoms with Crippen molar-refractivity contribution in [2.45, 2.75) is 0 Å². The number of H-pyrrole nitrogens is 2. The lowest BCUT2D eigenvalue weighted by molar-refractivity contribution is 0.481. The van der Waals surface area contributed by atoms with E-state index < -0.39 is 0 Å². The standard InChI is InChI=1S/C36H21Br2N3O/c37-19-12-14-29-25(16-19)26-17-20(38)18-27(35(26)40-29)33-22(13-15-32-36(33)41-30-10-3-4-11-31(30)42-32)24-8-5-7-23-21-6-1-2-9-28(21)39-34(23)24/h1-18,39-41H. The summed E-state index contributed by atoms with van der Waals surface area (Å²) < 4.78 is 8.54. The molecule has 1 aliphatic rings. The van der Waals surface area contributed by atoms with Gasteiger partial charge in [0.15, 0.2) is 11.5 Å². The van der Waals surface area contributed by atoms with Gasteiger partial charge in [-0.1, -0.05) is 80.4 Å². The van der Waals surface area contributed by atoms with Crippen molar-refractivity contribution in [3.63, 3.8) is 0 Å². The molecule has 42 heavy (non-hydrogen) atoms. The van der Waals surface area contributed by atoms with Gasteiger partial charge in [-0.2, -0.15) is 0 Å². The Balaban J connectivity index is 1.41. The van der Waals surface area contributed by atoms with Crippen LogP contribution in [0.15, 0.2) is 118 Å². The van der Waals surface area contributed by atoms with Crippen molar-refractivity contribution < 1.29 is 4.74 Å². The quantitative estimate of drug-likeness (QED) is 0.171. The van der Waals surface area contributed by atoms with Crippen molar-refractivity contribution in [1.29, 1.82) is 0 Å². The average molecular weight is 671 g/mol. The summed E-state index contributed by atoms with van der Waals surface area (Å²) in [5.74, 6) is 1.61. The predicted molar refractivity (Wildman–Crippen MR) is 181 cm³/mol. The van der Waals surface area contributed by atoms with Crippen molar-refractivity contribution in [2.75, 3.05) is 5.32 Å². The van der Waals surface area contributed by atoms with Crippen molar-refractivity contribution in [3.8, 4) is 33.8 Å². The zero-order valence-electron chi connectivity index (χ0n) is 22.1. The summed E-state index contributed by atoms with van der Waals surface area (Å²) in [6, 6.07) is 38.2. The minimum Gasteiger partial charge on any atom is -0.453 e. The lowest BCUT2D eigenvalue weighted by Crippen LogP contribution is -2.05. The molecule has 0 amide bonds. The molecule has 0 fully saturated rings. The fraction of sp³-hybridized carbons (Fsp3) is 0. The second kappa shape index (κ2) is 8.99. The second-order valence-electron chi connectivity index (χ2n) is 10.7. The van der Waals surface area contributed by atoms with Crippen molar-refractivity contribution >= 4 is 86.8 Å². The van der Waals surface area contributed by atoms with Gasteiger partial charge in [-0.3, -0.25) is 0 Å². The lowest BCUT2D eigenvalue weighted by Gasteiger charge is -2.26. The first-order valence-electron chi connectivity index (χ1n) is 13.7. The van der Waals surface area contributed by atoms with Crippen LogP contribution >= 0.6 is 31.9 Å². The monoisotopic (exact) mass is 669 g/mol. The third kappa shape index (κ3) is 3.52. The summed E-state index contributed by atoms with van der Waals surface area (Å²) in [6.45, 7) is 0. The fourth-order valence-corrected chi connectivity index (χ4v) is 7.26. The molecule has 0 bridgehead atoms. The van der Waals surface area contributed by atoms with Gasteiger partial charge >= 0.3 is 0 Å². The molecule has 9 rings (SSSR count). The molecule has 3 N–H and O–H groups in total. The Morgan fingerprint density at radius 3 is 2.19 bits per heavy atom. The normalized spacial score (nSPS) is 12.4. The van der Waals surface area contributed by atoms with Crippen LogP contribution in [0.4, 0.5) is 11.4 Å². The van der Waals surface area contributed by atoms with Crippen LogP contribution in [-0.4, -0.2) is 9.97 Å². The Morgan fingerprint density at radius 1 is 0.500 bits per heavy atom. The van der Waals surface area contributed by atoms with Gasteiger partial charge in [0, 0.05) is 58.2 Å². The number of rotatable bonds is 2. The van der Waals surface area contributed by atoms with E-state index in [2.05, 4.69) is 138 Å². The maximum Gasteiger partial charge on any atom is 0.151 e. The first-order valence-corrected chi connectivity index (χ1v) is 15.3. The SMILES string of the molecule is Brc1ccc2[nH]c3c(-c4c(-c5cccc6c5[nH]c5ccccc56)ccc5c4Nc4ccccc4O5)cc(Br)cc3c2c1. The van der Waals surface area contributed by atoms with E-state index in [1.54, 1.807) is 0 Å². The molecule has 0 radical (unpaired) electrons. The van der Waals surface area contributed by atoms with Crippen LogP contribution in [0.25, 0.3) is 65.9 Å². The van der Waals surface area contributed by atoms with E-state index in [9.17, 15) is 0 Å². The van der Waals surface area contributed by atoms with Crippen LogP contribution in [0.2, 0.25) is 0 Å². The van der Waals surface area contributed by atoms with Gasteiger partial charge in [0.05, 0.1) is 22.4 Å². The van der Waals surface area contributed by atoms with Gasteiger partial charge in [-0.15, -0.1) is 0 Å². The summed E-state index contributed by atoms with van der Waals surface area (Å²) in [4.78, 5) is 7.47. The van der Waals surface area contributed by atoms with Gasteiger partial charge in [0.1, 0.15) is 0 Å². The Hall–Kier alpha value is -4.52. The summed E-state index contributed by atoms with van der Waals surface area (Å²) in [6.07, 6.45) is 0. The van der Waals surface area contributed by atoms with Crippen LogP contribution in [0.5, 0.6) is 11.5 Å². The van der Waals surface area contributed by atoms with Crippen molar-refractivity contribution in [3.05, 3.63) is 118 Å². The van der Waals surface area contributed by atoms with Crippen LogP contribution in [0.3, 0.4) is 0 Å². The Kier molecular flexibility index (Phi) is 5.16. The number of anilines is 2. The topological polar surface area (TPSA) is 52.8 Å². The highest BCUT2D eigenvalue weighted by Gasteiger charge is 2.26. The highest BCUT2D eigenvalue weighted by Crippen LogP contribution is 2.52. The second-order valence-corrected chi connectivity index (χ2v) is 12.5. The van der Waals surface area contributed by atoms with Gasteiger partial charge < -0.3 is 20.0 Å². The number of halogens is 2. The number of nitrogens with one attached hydrogen (secondary N) is 3. The highest BCUT2D eigenvalue weighted by atomic mass is 79.9. The molecule has 2 aromatic heterocycles. The molecule has 0 aliphatic carbocycles. The molecule has 200 valence electrons. The van der Waals surface area contributed by atoms with Gasteiger partial charge in [0.25, 0.3) is 0 Å². The number of benzene rings is 6. The summed E-state index contributed by atoms with van der Waals surface area (Å²) >= 11 is 7.53. The fourth-order valence-electron chi connectivity index (χ4n) is 6.44. The molecular weight excluding hydrogens is 650 g/mol. The summed E-state index contributed by atoms with van der Waals surface area (Å²) in [7, 11) is 0. The van der Waals surface area contributed by atoms with E-state index in [0.29, 0.717) is 0 Å². The molecule has 6 heteroatoms. The van der Waals surface area contributed by atoms with E-state index in [1.165, 1.54) is 16.2 Å². The zero-order chi connectivity index (χ0) is 27.9. The third-order valence-corrected chi connectivity index (χ3v) is 9.22. The van der Waals surface area contributed by atoms with Crippen LogP contribution in [0, 0.1) is 0 Å². The number of para-hydroxylation sites is 4. The smallest absolute Gasteiger partial charge is 0.151 e. The van der Waals surface area contributed by atoms with Crippen LogP contribution < -0.4 is 10.1 Å². The van der Waals surface area contributed by atoms with Crippen LogP contribution in [-0.2, 0) is 0 Å². The van der Waals surface area contributed by atoms with Gasteiger partial charge in [0.2, 0.25) is 0 Å². The van der Waals surface area contributed by atoms with E-state index in [4.69, 9.17) is 4.74 Å². The predicted octanol–water partition coefficient (Wildman–Crippen LogP) is 11.7.